The summed E-state index contributed by atoms with van der Waals surface area (Å²) in [7, 11) is 0. The number of aryl methyl sites for hydroxylation is 1. The Morgan fingerprint density at radius 1 is 1.22 bits per heavy atom. The Balaban J connectivity index is 1.60. The second-order valence-electron chi connectivity index (χ2n) is 7.00. The van der Waals surface area contributed by atoms with Crippen molar-refractivity contribution in [2.24, 2.45) is 0 Å². The van der Waals surface area contributed by atoms with E-state index in [0.717, 1.165) is 42.2 Å². The molecular formula is C20H23N3O3S. The van der Waals surface area contributed by atoms with Crippen LogP contribution in [-0.4, -0.2) is 47.9 Å². The van der Waals surface area contributed by atoms with E-state index in [4.69, 9.17) is 4.74 Å². The highest BCUT2D eigenvalue weighted by molar-refractivity contribution is 7.09. The highest BCUT2D eigenvalue weighted by Crippen LogP contribution is 2.36. The first kappa shape index (κ1) is 18.0. The minimum atomic E-state index is -0.183. The van der Waals surface area contributed by atoms with E-state index in [-0.39, 0.29) is 25.0 Å². The number of rotatable bonds is 3. The van der Waals surface area contributed by atoms with E-state index < -0.39 is 0 Å². The molecule has 27 heavy (non-hydrogen) atoms. The van der Waals surface area contributed by atoms with Crippen LogP contribution in [0.25, 0.3) is 11.3 Å². The number of anilines is 1. The van der Waals surface area contributed by atoms with Crippen molar-refractivity contribution in [3.8, 4) is 17.0 Å². The summed E-state index contributed by atoms with van der Waals surface area (Å²) in [5.41, 5.74) is 2.44. The molecule has 7 heteroatoms. The monoisotopic (exact) mass is 385 g/mol. The van der Waals surface area contributed by atoms with Crippen LogP contribution in [-0.2, 0) is 9.59 Å². The first-order valence-corrected chi connectivity index (χ1v) is 10.3. The first-order valence-electron chi connectivity index (χ1n) is 9.39. The van der Waals surface area contributed by atoms with E-state index in [1.807, 2.05) is 35.4 Å². The van der Waals surface area contributed by atoms with Gasteiger partial charge < -0.3 is 9.64 Å². The predicted octanol–water partition coefficient (Wildman–Crippen LogP) is 3.25. The maximum absolute atomic E-state index is 12.8. The summed E-state index contributed by atoms with van der Waals surface area (Å²) in [5, 5.41) is 2.98. The Hall–Kier alpha value is -2.41. The van der Waals surface area contributed by atoms with E-state index in [1.54, 1.807) is 16.2 Å². The van der Waals surface area contributed by atoms with Gasteiger partial charge in [-0.2, -0.15) is 0 Å². The minimum Gasteiger partial charge on any atom is -0.482 e. The van der Waals surface area contributed by atoms with Crippen LogP contribution in [0.1, 0.15) is 30.7 Å². The minimum absolute atomic E-state index is 0.00741. The zero-order valence-electron chi connectivity index (χ0n) is 15.4. The fraction of sp³-hybridized carbons (Fsp3) is 0.450. The molecule has 1 fully saturated rings. The van der Waals surface area contributed by atoms with E-state index in [2.05, 4.69) is 4.98 Å². The number of ether oxygens (including phenoxy) is 1. The summed E-state index contributed by atoms with van der Waals surface area (Å²) < 4.78 is 5.58. The third-order valence-corrected chi connectivity index (χ3v) is 5.84. The number of hydrogen-bond acceptors (Lipinski definition) is 5. The molecule has 0 radical (unpaired) electrons. The van der Waals surface area contributed by atoms with Crippen molar-refractivity contribution in [3.05, 3.63) is 28.6 Å². The van der Waals surface area contributed by atoms with Crippen molar-refractivity contribution in [1.82, 2.24) is 9.88 Å². The quantitative estimate of drug-likeness (QED) is 0.814. The lowest BCUT2D eigenvalue weighted by Gasteiger charge is -2.31. The summed E-state index contributed by atoms with van der Waals surface area (Å²) in [4.78, 5) is 33.3. The summed E-state index contributed by atoms with van der Waals surface area (Å²) in [5.74, 6) is 0.458. The molecule has 0 N–H and O–H groups in total. The van der Waals surface area contributed by atoms with Crippen LogP contribution in [0.15, 0.2) is 23.6 Å². The number of nitrogens with zero attached hydrogens (tertiary/aromatic N) is 3. The molecule has 142 valence electrons. The normalized spacial score (nSPS) is 17.3. The maximum atomic E-state index is 12.8. The molecular weight excluding hydrogens is 362 g/mol. The number of thiazole rings is 1. The summed E-state index contributed by atoms with van der Waals surface area (Å²) in [6.07, 6.45) is 4.40. The van der Waals surface area contributed by atoms with E-state index in [0.29, 0.717) is 11.4 Å². The molecule has 3 heterocycles. The van der Waals surface area contributed by atoms with Crippen molar-refractivity contribution in [2.75, 3.05) is 31.1 Å². The Morgan fingerprint density at radius 2 is 2.00 bits per heavy atom. The van der Waals surface area contributed by atoms with Crippen molar-refractivity contribution >= 4 is 28.8 Å². The number of carbonyl (C=O) groups is 2. The van der Waals surface area contributed by atoms with Crippen LogP contribution in [0.2, 0.25) is 0 Å². The molecule has 1 aromatic carbocycles. The fourth-order valence-corrected chi connectivity index (χ4v) is 4.21. The van der Waals surface area contributed by atoms with Crippen molar-refractivity contribution in [2.45, 2.75) is 32.6 Å². The smallest absolute Gasteiger partial charge is 0.265 e. The predicted molar refractivity (Wildman–Crippen MR) is 105 cm³/mol. The van der Waals surface area contributed by atoms with Gasteiger partial charge in [-0.3, -0.25) is 14.5 Å². The van der Waals surface area contributed by atoms with Crippen LogP contribution >= 0.6 is 11.3 Å². The molecule has 0 bridgehead atoms. The van der Waals surface area contributed by atoms with Crippen LogP contribution in [0, 0.1) is 6.92 Å². The number of aromatic nitrogens is 1. The molecule has 0 saturated carbocycles. The largest absolute Gasteiger partial charge is 0.482 e. The van der Waals surface area contributed by atoms with Gasteiger partial charge in [0.2, 0.25) is 5.91 Å². The molecule has 2 aliphatic rings. The van der Waals surface area contributed by atoms with Gasteiger partial charge in [0.15, 0.2) is 6.61 Å². The molecule has 0 atom stereocenters. The molecule has 1 aromatic heterocycles. The highest BCUT2D eigenvalue weighted by atomic mass is 32.1. The molecule has 2 aliphatic heterocycles. The second kappa shape index (κ2) is 7.68. The van der Waals surface area contributed by atoms with Crippen molar-refractivity contribution in [1.29, 1.82) is 0 Å². The third kappa shape index (κ3) is 3.83. The van der Waals surface area contributed by atoms with E-state index in [1.165, 1.54) is 12.8 Å². The van der Waals surface area contributed by atoms with Crippen LogP contribution in [0.5, 0.6) is 5.75 Å². The topological polar surface area (TPSA) is 62.7 Å². The zero-order chi connectivity index (χ0) is 18.8. The van der Waals surface area contributed by atoms with Crippen molar-refractivity contribution < 1.29 is 14.3 Å². The standard InChI is InChI=1S/C20H23N3O3S/c1-14-21-16(13-27-14)15-6-7-18-17(10-15)23(20(25)12-26-18)11-19(24)22-8-4-2-3-5-9-22/h6-7,10,13H,2-5,8-9,11-12H2,1H3. The number of hydrogen-bond donors (Lipinski definition) is 0. The van der Waals surface area contributed by atoms with Gasteiger partial charge in [0, 0.05) is 24.0 Å². The number of likely N-dealkylation sites (tertiary alicyclic amines) is 1. The number of carbonyl (C=O) groups excluding carboxylic acids is 2. The molecule has 4 rings (SSSR count). The lowest BCUT2D eigenvalue weighted by atomic mass is 10.1. The lowest BCUT2D eigenvalue weighted by molar-refractivity contribution is -0.132. The van der Waals surface area contributed by atoms with Gasteiger partial charge in [-0.05, 0) is 38.0 Å². The number of amides is 2. The maximum Gasteiger partial charge on any atom is 0.265 e. The molecule has 0 unspecified atom stereocenters. The molecule has 0 aliphatic carbocycles. The summed E-state index contributed by atoms with van der Waals surface area (Å²) in [6.45, 7) is 3.56. The van der Waals surface area contributed by atoms with Gasteiger partial charge in [-0.25, -0.2) is 4.98 Å². The van der Waals surface area contributed by atoms with Gasteiger partial charge >= 0.3 is 0 Å². The van der Waals surface area contributed by atoms with Gasteiger partial charge in [-0.1, -0.05) is 12.8 Å². The van der Waals surface area contributed by atoms with Gasteiger partial charge in [0.05, 0.1) is 16.4 Å². The Kier molecular flexibility index (Phi) is 5.11. The second-order valence-corrected chi connectivity index (χ2v) is 8.06. The van der Waals surface area contributed by atoms with E-state index >= 15 is 0 Å². The summed E-state index contributed by atoms with van der Waals surface area (Å²) in [6, 6.07) is 5.70. The highest BCUT2D eigenvalue weighted by Gasteiger charge is 2.29. The molecule has 2 amide bonds. The molecule has 1 saturated heterocycles. The molecule has 6 nitrogen and oxygen atoms in total. The van der Waals surface area contributed by atoms with Crippen LogP contribution in [0.4, 0.5) is 5.69 Å². The third-order valence-electron chi connectivity index (χ3n) is 5.07. The molecule has 2 aromatic rings. The molecule has 0 spiro atoms. The fourth-order valence-electron chi connectivity index (χ4n) is 3.59. The SMILES string of the molecule is Cc1nc(-c2ccc3c(c2)N(CC(=O)N2CCCCCC2)C(=O)CO3)cs1. The van der Waals surface area contributed by atoms with Gasteiger partial charge in [-0.15, -0.1) is 11.3 Å². The Labute approximate surface area is 162 Å². The average Bonchev–Trinajstić information content (AvgIpc) is 2.93. The first-order chi connectivity index (χ1) is 13.1. The number of benzene rings is 1. The van der Waals surface area contributed by atoms with Crippen LogP contribution < -0.4 is 9.64 Å². The Bertz CT molecular complexity index is 856. The number of fused-ring (bicyclic) bond motifs is 1. The van der Waals surface area contributed by atoms with E-state index in [9.17, 15) is 9.59 Å². The Morgan fingerprint density at radius 3 is 2.70 bits per heavy atom. The zero-order valence-corrected chi connectivity index (χ0v) is 16.3. The van der Waals surface area contributed by atoms with Crippen LogP contribution in [0.3, 0.4) is 0 Å². The van der Waals surface area contributed by atoms with Gasteiger partial charge in [0.1, 0.15) is 12.3 Å². The lowest BCUT2D eigenvalue weighted by Crippen LogP contribution is -2.46. The van der Waals surface area contributed by atoms with Gasteiger partial charge in [0.25, 0.3) is 5.91 Å². The van der Waals surface area contributed by atoms with Crippen molar-refractivity contribution in [3.63, 3.8) is 0 Å². The average molecular weight is 385 g/mol. The summed E-state index contributed by atoms with van der Waals surface area (Å²) >= 11 is 1.59.